The number of H-pyrrole nitrogens is 1. The first-order valence-corrected chi connectivity index (χ1v) is 10.6. The molecule has 0 amide bonds. The summed E-state index contributed by atoms with van der Waals surface area (Å²) in [6, 6.07) is 6.74. The molecule has 2 heterocycles. The Hall–Kier alpha value is -1.88. The van der Waals surface area contributed by atoms with Crippen LogP contribution >= 0.6 is 0 Å². The van der Waals surface area contributed by atoms with Crippen molar-refractivity contribution < 1.29 is 0 Å². The summed E-state index contributed by atoms with van der Waals surface area (Å²) in [5.41, 5.74) is 1.82. The van der Waals surface area contributed by atoms with E-state index in [9.17, 15) is 9.59 Å². The Balaban J connectivity index is 1.56. The molecule has 2 aromatic rings. The van der Waals surface area contributed by atoms with Crippen molar-refractivity contribution in [3.05, 3.63) is 44.5 Å². The van der Waals surface area contributed by atoms with Gasteiger partial charge in [-0.2, -0.15) is 0 Å². The maximum absolute atomic E-state index is 12.7. The fourth-order valence-corrected chi connectivity index (χ4v) is 5.01. The van der Waals surface area contributed by atoms with Gasteiger partial charge >= 0.3 is 11.1 Å². The number of rotatable bonds is 2. The Morgan fingerprint density at radius 3 is 2.26 bits per heavy atom. The van der Waals surface area contributed by atoms with Crippen LogP contribution in [-0.2, 0) is 0 Å². The minimum absolute atomic E-state index is 0.119. The van der Waals surface area contributed by atoms with Crippen LogP contribution in [0, 0.1) is 6.92 Å². The van der Waals surface area contributed by atoms with E-state index in [1.165, 1.54) is 44.9 Å². The van der Waals surface area contributed by atoms with Crippen molar-refractivity contribution in [2.75, 3.05) is 13.1 Å². The quantitative estimate of drug-likeness (QED) is 0.820. The molecular weight excluding hydrogens is 338 g/mol. The maximum atomic E-state index is 12.7. The lowest BCUT2D eigenvalue weighted by Gasteiger charge is -2.39. The highest BCUT2D eigenvalue weighted by molar-refractivity contribution is 5.75. The van der Waals surface area contributed by atoms with Gasteiger partial charge in [0, 0.05) is 25.2 Å². The third kappa shape index (κ3) is 3.88. The fourth-order valence-electron chi connectivity index (χ4n) is 5.01. The molecule has 1 aromatic carbocycles. The number of aromatic nitrogens is 2. The number of likely N-dealkylation sites (tertiary alicyclic amines) is 1. The molecule has 2 aliphatic rings. The van der Waals surface area contributed by atoms with E-state index in [-0.39, 0.29) is 6.04 Å². The van der Waals surface area contributed by atoms with Crippen molar-refractivity contribution in [1.29, 1.82) is 0 Å². The van der Waals surface area contributed by atoms with E-state index in [4.69, 9.17) is 0 Å². The van der Waals surface area contributed by atoms with Crippen molar-refractivity contribution >= 4 is 11.0 Å². The lowest BCUT2D eigenvalue weighted by molar-refractivity contribution is 0.116. The Bertz CT molecular complexity index is 898. The highest BCUT2D eigenvalue weighted by Crippen LogP contribution is 2.29. The average molecular weight is 370 g/mol. The minimum atomic E-state index is -0.506. The normalized spacial score (nSPS) is 21.2. The van der Waals surface area contributed by atoms with Gasteiger partial charge in [0.25, 0.3) is 0 Å². The third-order valence-electron chi connectivity index (χ3n) is 6.53. The molecule has 0 atom stereocenters. The highest BCUT2D eigenvalue weighted by atomic mass is 16.2. The number of aromatic amines is 1. The third-order valence-corrected chi connectivity index (χ3v) is 6.53. The van der Waals surface area contributed by atoms with Crippen LogP contribution in [0.25, 0.3) is 11.0 Å². The largest absolute Gasteiger partial charge is 0.316 e. The number of hydrogen-bond acceptors (Lipinski definition) is 3. The van der Waals surface area contributed by atoms with Crippen molar-refractivity contribution in [3.63, 3.8) is 0 Å². The number of aryl methyl sites for hydroxylation is 1. The van der Waals surface area contributed by atoms with Gasteiger partial charge in [0.15, 0.2) is 0 Å². The van der Waals surface area contributed by atoms with Crippen LogP contribution < -0.4 is 11.1 Å². The fraction of sp³-hybridized carbons (Fsp3) is 0.636. The molecule has 0 spiro atoms. The van der Waals surface area contributed by atoms with E-state index in [0.717, 1.165) is 42.5 Å². The monoisotopic (exact) mass is 369 g/mol. The highest BCUT2D eigenvalue weighted by Gasteiger charge is 2.27. The summed E-state index contributed by atoms with van der Waals surface area (Å²) < 4.78 is 1.77. The van der Waals surface area contributed by atoms with E-state index in [2.05, 4.69) is 9.88 Å². The topological polar surface area (TPSA) is 58.1 Å². The summed E-state index contributed by atoms with van der Waals surface area (Å²) in [5, 5.41) is 0. The lowest BCUT2D eigenvalue weighted by Crippen LogP contribution is -2.45. The molecule has 5 heteroatoms. The molecule has 5 nitrogen and oxygen atoms in total. The molecule has 1 aromatic heterocycles. The van der Waals surface area contributed by atoms with Crippen molar-refractivity contribution in [3.8, 4) is 0 Å². The number of hydrogen-bond donors (Lipinski definition) is 1. The molecule has 1 aliphatic heterocycles. The van der Waals surface area contributed by atoms with Gasteiger partial charge in [0.05, 0.1) is 11.0 Å². The molecular formula is C22H31N3O2. The first-order chi connectivity index (χ1) is 13.1. The zero-order chi connectivity index (χ0) is 18.8. The summed E-state index contributed by atoms with van der Waals surface area (Å²) in [6.07, 6.45) is 11.4. The number of nitrogens with zero attached hydrogens (tertiary/aromatic N) is 2. The van der Waals surface area contributed by atoms with E-state index in [1.54, 1.807) is 4.57 Å². The summed E-state index contributed by atoms with van der Waals surface area (Å²) >= 11 is 0. The molecule has 146 valence electrons. The van der Waals surface area contributed by atoms with E-state index in [1.807, 2.05) is 25.1 Å². The van der Waals surface area contributed by atoms with Gasteiger partial charge in [-0.15, -0.1) is 0 Å². The van der Waals surface area contributed by atoms with Crippen molar-refractivity contribution in [2.24, 2.45) is 0 Å². The van der Waals surface area contributed by atoms with Crippen LogP contribution in [0.4, 0.5) is 0 Å². The summed E-state index contributed by atoms with van der Waals surface area (Å²) in [5.74, 6) is 0. The number of benzene rings is 1. The van der Waals surface area contributed by atoms with Gasteiger partial charge in [0.1, 0.15) is 0 Å². The molecule has 4 rings (SSSR count). The van der Waals surface area contributed by atoms with Crippen LogP contribution in [0.3, 0.4) is 0 Å². The second-order valence-corrected chi connectivity index (χ2v) is 8.42. The molecule has 1 N–H and O–H groups in total. The second-order valence-electron chi connectivity index (χ2n) is 8.42. The van der Waals surface area contributed by atoms with E-state index < -0.39 is 11.1 Å². The van der Waals surface area contributed by atoms with E-state index in [0.29, 0.717) is 6.04 Å². The predicted octanol–water partition coefficient (Wildman–Crippen LogP) is 3.75. The van der Waals surface area contributed by atoms with Crippen LogP contribution in [0.2, 0.25) is 0 Å². The lowest BCUT2D eigenvalue weighted by atomic mass is 9.93. The molecule has 1 saturated carbocycles. The molecule has 0 unspecified atom stereocenters. The summed E-state index contributed by atoms with van der Waals surface area (Å²) in [7, 11) is 0. The Labute approximate surface area is 160 Å². The van der Waals surface area contributed by atoms with Gasteiger partial charge < -0.3 is 9.88 Å². The number of fused-ring (bicyclic) bond motifs is 1. The smallest absolute Gasteiger partial charge is 0.316 e. The van der Waals surface area contributed by atoms with Crippen molar-refractivity contribution in [1.82, 2.24) is 14.5 Å². The molecule has 0 bridgehead atoms. The van der Waals surface area contributed by atoms with Crippen LogP contribution in [0.1, 0.15) is 69.4 Å². The van der Waals surface area contributed by atoms with Gasteiger partial charge in [-0.25, -0.2) is 0 Å². The molecule has 2 fully saturated rings. The molecule has 27 heavy (non-hydrogen) atoms. The van der Waals surface area contributed by atoms with Gasteiger partial charge in [-0.05, 0) is 50.3 Å². The van der Waals surface area contributed by atoms with Gasteiger partial charge in [-0.1, -0.05) is 38.2 Å². The Kier molecular flexibility index (Phi) is 5.48. The van der Waals surface area contributed by atoms with Crippen LogP contribution in [0.5, 0.6) is 0 Å². The zero-order valence-electron chi connectivity index (χ0n) is 16.4. The second kappa shape index (κ2) is 8.01. The predicted molar refractivity (Wildman–Crippen MR) is 110 cm³/mol. The Morgan fingerprint density at radius 2 is 1.56 bits per heavy atom. The van der Waals surface area contributed by atoms with Gasteiger partial charge in [0.2, 0.25) is 0 Å². The standard InChI is InChI=1S/C22H31N3O2/c1-16-9-10-19-20(15-16)25(22(27)21(26)23-19)18-11-13-24(14-12-18)17-7-5-3-2-4-6-8-17/h9-10,15,17-18H,2-8,11-14H2,1H3,(H,23,26). The SMILES string of the molecule is Cc1ccc2[nH]c(=O)c(=O)n(C3CCN(C4CCCCCCC4)CC3)c2c1. The van der Waals surface area contributed by atoms with Crippen LogP contribution in [0.15, 0.2) is 27.8 Å². The molecule has 0 radical (unpaired) electrons. The minimum Gasteiger partial charge on any atom is -0.316 e. The van der Waals surface area contributed by atoms with E-state index >= 15 is 0 Å². The number of piperidine rings is 1. The first-order valence-electron chi connectivity index (χ1n) is 10.6. The van der Waals surface area contributed by atoms with Gasteiger partial charge in [-0.3, -0.25) is 14.2 Å². The van der Waals surface area contributed by atoms with Crippen LogP contribution in [-0.4, -0.2) is 33.6 Å². The first kappa shape index (κ1) is 18.5. The summed E-state index contributed by atoms with van der Waals surface area (Å²) in [4.78, 5) is 30.2. The zero-order valence-corrected chi connectivity index (χ0v) is 16.4. The average Bonchev–Trinajstić information content (AvgIpc) is 2.64. The maximum Gasteiger partial charge on any atom is 0.316 e. The molecule has 1 saturated heterocycles. The van der Waals surface area contributed by atoms with Crippen molar-refractivity contribution in [2.45, 2.75) is 76.8 Å². The summed E-state index contributed by atoms with van der Waals surface area (Å²) in [6.45, 7) is 4.08. The number of nitrogens with one attached hydrogen (secondary N) is 1. The molecule has 1 aliphatic carbocycles. The Morgan fingerprint density at radius 1 is 0.889 bits per heavy atom.